The Labute approximate surface area is 158 Å². The minimum Gasteiger partial charge on any atom is -0.233 e. The van der Waals surface area contributed by atoms with Crippen LogP contribution in [0.1, 0.15) is 26.3 Å². The van der Waals surface area contributed by atoms with E-state index < -0.39 is 15.8 Å². The summed E-state index contributed by atoms with van der Waals surface area (Å²) in [4.78, 5) is 0.203. The summed E-state index contributed by atoms with van der Waals surface area (Å²) in [6, 6.07) is 18.3. The van der Waals surface area contributed by atoms with Crippen LogP contribution >= 0.6 is 0 Å². The second-order valence-electron chi connectivity index (χ2n) is 7.73. The molecule has 3 nitrogen and oxygen atoms in total. The van der Waals surface area contributed by atoms with Crippen LogP contribution < -0.4 is 0 Å². The first-order valence-corrected chi connectivity index (χ1v) is 10.2. The van der Waals surface area contributed by atoms with Crippen molar-refractivity contribution in [3.05, 3.63) is 78.1 Å². The van der Waals surface area contributed by atoms with E-state index in [-0.39, 0.29) is 10.3 Å². The summed E-state index contributed by atoms with van der Waals surface area (Å²) in [6.07, 6.45) is 0. The normalized spacial score (nSPS) is 12.7. The molecule has 5 heteroatoms. The molecule has 138 valence electrons. The molecule has 0 saturated heterocycles. The molecule has 0 aliphatic rings. The zero-order valence-corrected chi connectivity index (χ0v) is 16.2. The number of aromatic nitrogens is 1. The standard InChI is InChI=1S/C22H20FNO2S/c1-22(2,3)15-9-11-18-19-14-16(23)10-12-20(19)24(21(18)13-15)27(25,26)17-7-5-4-6-8-17/h4-14H,1-3H3. The van der Waals surface area contributed by atoms with E-state index in [1.165, 1.54) is 22.2 Å². The lowest BCUT2D eigenvalue weighted by atomic mass is 9.86. The van der Waals surface area contributed by atoms with Gasteiger partial charge in [0.05, 0.1) is 15.9 Å². The summed E-state index contributed by atoms with van der Waals surface area (Å²) in [5, 5.41) is 1.31. The Morgan fingerprint density at radius 1 is 0.815 bits per heavy atom. The summed E-state index contributed by atoms with van der Waals surface area (Å²) in [7, 11) is -3.83. The highest BCUT2D eigenvalue weighted by Crippen LogP contribution is 2.35. The Morgan fingerprint density at radius 3 is 2.19 bits per heavy atom. The Morgan fingerprint density at radius 2 is 1.52 bits per heavy atom. The quantitative estimate of drug-likeness (QED) is 0.462. The van der Waals surface area contributed by atoms with Crippen molar-refractivity contribution in [2.24, 2.45) is 0 Å². The molecule has 3 aromatic carbocycles. The van der Waals surface area contributed by atoms with Crippen LogP contribution in [0.4, 0.5) is 4.39 Å². The monoisotopic (exact) mass is 381 g/mol. The first kappa shape index (κ1) is 17.7. The zero-order valence-electron chi connectivity index (χ0n) is 15.4. The van der Waals surface area contributed by atoms with Gasteiger partial charge in [0.1, 0.15) is 5.82 Å². The van der Waals surface area contributed by atoms with Gasteiger partial charge in [0.15, 0.2) is 0 Å². The predicted molar refractivity (Wildman–Crippen MR) is 107 cm³/mol. The largest absolute Gasteiger partial charge is 0.268 e. The number of hydrogen-bond donors (Lipinski definition) is 0. The van der Waals surface area contributed by atoms with Crippen molar-refractivity contribution in [2.45, 2.75) is 31.1 Å². The summed E-state index contributed by atoms with van der Waals surface area (Å²) in [5.74, 6) is -0.390. The van der Waals surface area contributed by atoms with Crippen LogP contribution in [0.25, 0.3) is 21.8 Å². The summed E-state index contributed by atoms with van der Waals surface area (Å²) < 4.78 is 42.1. The molecule has 0 fully saturated rings. The molecule has 0 unspecified atom stereocenters. The molecule has 0 atom stereocenters. The van der Waals surface area contributed by atoms with Gasteiger partial charge in [-0.3, -0.25) is 0 Å². The van der Waals surface area contributed by atoms with Crippen LogP contribution in [0.3, 0.4) is 0 Å². The number of fused-ring (bicyclic) bond motifs is 3. The van der Waals surface area contributed by atoms with E-state index in [9.17, 15) is 12.8 Å². The molecule has 1 heterocycles. The molecule has 0 N–H and O–H groups in total. The van der Waals surface area contributed by atoms with E-state index in [0.717, 1.165) is 10.9 Å². The topological polar surface area (TPSA) is 39.1 Å². The summed E-state index contributed by atoms with van der Waals surface area (Å²) >= 11 is 0. The van der Waals surface area contributed by atoms with Gasteiger partial charge in [0, 0.05) is 10.8 Å². The van der Waals surface area contributed by atoms with Gasteiger partial charge in [-0.2, -0.15) is 0 Å². The first-order chi connectivity index (χ1) is 12.7. The SMILES string of the molecule is CC(C)(C)c1ccc2c3cc(F)ccc3n(S(=O)(=O)c3ccccc3)c2c1. The van der Waals surface area contributed by atoms with E-state index >= 15 is 0 Å². The highest BCUT2D eigenvalue weighted by atomic mass is 32.2. The smallest absolute Gasteiger partial charge is 0.233 e. The fraction of sp³-hybridized carbons (Fsp3) is 0.182. The van der Waals surface area contributed by atoms with Gasteiger partial charge in [-0.1, -0.05) is 51.1 Å². The number of halogens is 1. The molecule has 1 aromatic heterocycles. The van der Waals surface area contributed by atoms with Gasteiger partial charge in [0.2, 0.25) is 0 Å². The third-order valence-corrected chi connectivity index (χ3v) is 6.57. The summed E-state index contributed by atoms with van der Waals surface area (Å²) in [6.45, 7) is 6.23. The molecule has 0 bridgehead atoms. The van der Waals surface area contributed by atoms with Gasteiger partial charge in [-0.25, -0.2) is 16.8 Å². The molecule has 0 aliphatic carbocycles. The average molecular weight is 381 g/mol. The first-order valence-electron chi connectivity index (χ1n) is 8.74. The number of nitrogens with zero attached hydrogens (tertiary/aromatic N) is 1. The Bertz CT molecular complexity index is 1270. The molecular formula is C22H20FNO2S. The van der Waals surface area contributed by atoms with Crippen molar-refractivity contribution < 1.29 is 12.8 Å². The van der Waals surface area contributed by atoms with Gasteiger partial charge in [-0.15, -0.1) is 0 Å². The van der Waals surface area contributed by atoms with Crippen LogP contribution in [-0.4, -0.2) is 12.4 Å². The second kappa shape index (κ2) is 5.92. The maximum Gasteiger partial charge on any atom is 0.268 e. The lowest BCUT2D eigenvalue weighted by Crippen LogP contribution is -2.14. The minimum absolute atomic E-state index is 0.142. The average Bonchev–Trinajstić information content (AvgIpc) is 2.95. The van der Waals surface area contributed by atoms with Crippen LogP contribution in [0.2, 0.25) is 0 Å². The molecule has 4 aromatic rings. The number of benzene rings is 3. The second-order valence-corrected chi connectivity index (χ2v) is 9.51. The van der Waals surface area contributed by atoms with Crippen molar-refractivity contribution in [3.63, 3.8) is 0 Å². The van der Waals surface area contributed by atoms with Crippen molar-refractivity contribution >= 4 is 31.8 Å². The van der Waals surface area contributed by atoms with E-state index in [0.29, 0.717) is 16.4 Å². The van der Waals surface area contributed by atoms with Crippen molar-refractivity contribution in [2.75, 3.05) is 0 Å². The molecule has 0 radical (unpaired) electrons. The van der Waals surface area contributed by atoms with Crippen molar-refractivity contribution in [1.82, 2.24) is 3.97 Å². The molecule has 0 saturated carbocycles. The van der Waals surface area contributed by atoms with Gasteiger partial charge >= 0.3 is 0 Å². The predicted octanol–water partition coefficient (Wildman–Crippen LogP) is 5.47. The minimum atomic E-state index is -3.83. The lowest BCUT2D eigenvalue weighted by Gasteiger charge is -2.19. The number of rotatable bonds is 2. The van der Waals surface area contributed by atoms with E-state index in [4.69, 9.17) is 0 Å². The molecular weight excluding hydrogens is 361 g/mol. The summed E-state index contributed by atoms with van der Waals surface area (Å²) in [5.41, 5.74) is 1.91. The van der Waals surface area contributed by atoms with Gasteiger partial charge in [-0.05, 0) is 47.4 Å². The Balaban J connectivity index is 2.17. The highest BCUT2D eigenvalue weighted by Gasteiger charge is 2.25. The van der Waals surface area contributed by atoms with Crippen LogP contribution in [0, 0.1) is 5.82 Å². The van der Waals surface area contributed by atoms with Crippen molar-refractivity contribution in [1.29, 1.82) is 0 Å². The molecule has 0 aliphatic heterocycles. The van der Waals surface area contributed by atoms with Crippen LogP contribution in [0.15, 0.2) is 71.6 Å². The molecule has 4 rings (SSSR count). The maximum atomic E-state index is 13.9. The highest BCUT2D eigenvalue weighted by molar-refractivity contribution is 7.90. The van der Waals surface area contributed by atoms with Crippen LogP contribution in [-0.2, 0) is 15.4 Å². The Hall–Kier alpha value is -2.66. The number of hydrogen-bond acceptors (Lipinski definition) is 2. The van der Waals surface area contributed by atoms with Gasteiger partial charge in [0.25, 0.3) is 10.0 Å². The van der Waals surface area contributed by atoms with E-state index in [1.54, 1.807) is 30.3 Å². The lowest BCUT2D eigenvalue weighted by molar-refractivity contribution is 0.587. The van der Waals surface area contributed by atoms with Crippen molar-refractivity contribution in [3.8, 4) is 0 Å². The fourth-order valence-electron chi connectivity index (χ4n) is 3.38. The molecule has 27 heavy (non-hydrogen) atoms. The Kier molecular flexibility index (Phi) is 3.89. The fourth-order valence-corrected chi connectivity index (χ4v) is 4.92. The zero-order chi connectivity index (χ0) is 19.4. The van der Waals surface area contributed by atoms with Crippen LogP contribution in [0.5, 0.6) is 0 Å². The molecule has 0 spiro atoms. The third-order valence-electron chi connectivity index (χ3n) is 4.83. The molecule has 0 amide bonds. The van der Waals surface area contributed by atoms with E-state index in [2.05, 4.69) is 20.8 Å². The van der Waals surface area contributed by atoms with E-state index in [1.807, 2.05) is 18.2 Å². The maximum absolute atomic E-state index is 13.9. The third kappa shape index (κ3) is 2.82. The van der Waals surface area contributed by atoms with Gasteiger partial charge < -0.3 is 0 Å².